The third-order valence-electron chi connectivity index (χ3n) is 5.35. The van der Waals surface area contributed by atoms with Crippen molar-refractivity contribution >= 4 is 11.6 Å². The summed E-state index contributed by atoms with van der Waals surface area (Å²) in [6, 6.07) is 4.07. The number of nitrogens with zero attached hydrogens (tertiary/aromatic N) is 3. The van der Waals surface area contributed by atoms with Crippen LogP contribution in [-0.4, -0.2) is 68.3 Å². The number of methoxy groups -OCH3 is 1. The van der Waals surface area contributed by atoms with Crippen LogP contribution in [0, 0.1) is 5.92 Å². The summed E-state index contributed by atoms with van der Waals surface area (Å²) in [5.74, 6) is 0.714. The van der Waals surface area contributed by atoms with Crippen LogP contribution in [0.5, 0.6) is 0 Å². The van der Waals surface area contributed by atoms with E-state index in [0.29, 0.717) is 5.92 Å². The lowest BCUT2D eigenvalue weighted by molar-refractivity contribution is -0.125. The summed E-state index contributed by atoms with van der Waals surface area (Å²) in [5, 5.41) is 3.16. The number of anilines is 1. The molecule has 0 radical (unpaired) electrons. The minimum absolute atomic E-state index is 0.0492. The molecule has 2 aliphatic rings. The van der Waals surface area contributed by atoms with Crippen LogP contribution in [0.15, 0.2) is 24.5 Å². The molecule has 132 valence electrons. The molecule has 3 heterocycles. The largest absolute Gasteiger partial charge is 0.380 e. The van der Waals surface area contributed by atoms with Crippen LogP contribution in [0.4, 0.5) is 5.69 Å². The van der Waals surface area contributed by atoms with E-state index in [9.17, 15) is 4.79 Å². The monoisotopic (exact) mass is 332 g/mol. The second-order valence-corrected chi connectivity index (χ2v) is 6.93. The Balaban J connectivity index is 1.41. The molecule has 2 saturated heterocycles. The quantitative estimate of drug-likeness (QED) is 0.876. The number of piperidine rings is 1. The van der Waals surface area contributed by atoms with E-state index < -0.39 is 0 Å². The molecular formula is C18H28N4O2. The van der Waals surface area contributed by atoms with Crippen molar-refractivity contribution < 1.29 is 9.53 Å². The molecule has 0 saturated carbocycles. The number of carbonyl (C=O) groups is 1. The Labute approximate surface area is 144 Å². The molecule has 2 fully saturated rings. The first-order chi connectivity index (χ1) is 11.7. The zero-order chi connectivity index (χ0) is 16.9. The second kappa shape index (κ2) is 7.94. The number of carbonyl (C=O) groups excluding carboxylic acids is 1. The van der Waals surface area contributed by atoms with Gasteiger partial charge in [-0.15, -0.1) is 0 Å². The number of nitrogens with one attached hydrogen (secondary N) is 1. The lowest BCUT2D eigenvalue weighted by Gasteiger charge is -2.33. The molecule has 0 aromatic carbocycles. The fraction of sp³-hybridized carbons (Fsp3) is 0.667. The highest BCUT2D eigenvalue weighted by molar-refractivity contribution is 5.82. The summed E-state index contributed by atoms with van der Waals surface area (Å²) in [4.78, 5) is 21.0. The highest BCUT2D eigenvalue weighted by atomic mass is 16.5. The summed E-state index contributed by atoms with van der Waals surface area (Å²) in [6.45, 7) is 3.70. The van der Waals surface area contributed by atoms with Gasteiger partial charge >= 0.3 is 0 Å². The third-order valence-corrected chi connectivity index (χ3v) is 5.35. The van der Waals surface area contributed by atoms with Gasteiger partial charge in [0.2, 0.25) is 5.91 Å². The molecule has 1 aromatic heterocycles. The highest BCUT2D eigenvalue weighted by Gasteiger charge is 2.34. The maximum Gasteiger partial charge on any atom is 0.237 e. The van der Waals surface area contributed by atoms with Crippen LogP contribution in [0.3, 0.4) is 0 Å². The Kier molecular flexibility index (Phi) is 5.68. The number of hydrogen-bond donors (Lipinski definition) is 1. The van der Waals surface area contributed by atoms with E-state index in [1.165, 1.54) is 5.69 Å². The molecule has 1 amide bonds. The number of likely N-dealkylation sites (tertiary alicyclic amines) is 1. The third kappa shape index (κ3) is 4.05. The molecule has 1 aromatic rings. The predicted molar refractivity (Wildman–Crippen MR) is 94.0 cm³/mol. The molecule has 0 spiro atoms. The topological polar surface area (TPSA) is 57.7 Å². The van der Waals surface area contributed by atoms with Crippen LogP contribution in [0.1, 0.15) is 19.3 Å². The van der Waals surface area contributed by atoms with Crippen LogP contribution >= 0.6 is 0 Å². The van der Waals surface area contributed by atoms with Crippen molar-refractivity contribution in [2.24, 2.45) is 5.92 Å². The van der Waals surface area contributed by atoms with Crippen LogP contribution in [0.2, 0.25) is 0 Å². The smallest absolute Gasteiger partial charge is 0.237 e. The van der Waals surface area contributed by atoms with Crippen LogP contribution < -0.4 is 10.2 Å². The Morgan fingerprint density at radius 2 is 2.04 bits per heavy atom. The molecule has 2 atom stereocenters. The van der Waals surface area contributed by atoms with E-state index in [1.807, 2.05) is 19.4 Å². The van der Waals surface area contributed by atoms with Gasteiger partial charge < -0.3 is 15.0 Å². The minimum Gasteiger partial charge on any atom is -0.380 e. The van der Waals surface area contributed by atoms with E-state index in [2.05, 4.69) is 32.2 Å². The maximum absolute atomic E-state index is 12.4. The number of aromatic nitrogens is 1. The molecule has 1 N–H and O–H groups in total. The van der Waals surface area contributed by atoms with Gasteiger partial charge in [0.05, 0.1) is 12.1 Å². The lowest BCUT2D eigenvalue weighted by Crippen LogP contribution is -2.44. The number of hydrogen-bond acceptors (Lipinski definition) is 5. The van der Waals surface area contributed by atoms with E-state index in [0.717, 1.165) is 45.4 Å². The molecule has 0 aliphatic carbocycles. The predicted octanol–water partition coefficient (Wildman–Crippen LogP) is 1.13. The average Bonchev–Trinajstić information content (AvgIpc) is 3.02. The van der Waals surface area contributed by atoms with Crippen molar-refractivity contribution in [3.8, 4) is 0 Å². The standard InChI is InChI=1S/C18H28N4O2/c1-21-13-16(24-2)11-17(21)18(23)20-12-14-5-9-22(10-6-14)15-3-7-19-8-4-15/h3-4,7-8,14,16-17H,5-6,9-13H2,1-2H3,(H,20,23)/t16-,17-/m0/s1. The number of ether oxygens (including phenoxy) is 1. The van der Waals surface area contributed by atoms with Gasteiger partial charge in [0.25, 0.3) is 0 Å². The Morgan fingerprint density at radius 3 is 2.67 bits per heavy atom. The number of likely N-dealkylation sites (N-methyl/N-ethyl adjacent to an activating group) is 1. The van der Waals surface area contributed by atoms with Crippen LogP contribution in [0.25, 0.3) is 0 Å². The lowest BCUT2D eigenvalue weighted by atomic mass is 9.96. The molecule has 0 unspecified atom stereocenters. The van der Waals surface area contributed by atoms with Crippen molar-refractivity contribution in [1.82, 2.24) is 15.2 Å². The Bertz CT molecular complexity index is 531. The summed E-state index contributed by atoms with van der Waals surface area (Å²) < 4.78 is 5.38. The molecule has 0 bridgehead atoms. The summed E-state index contributed by atoms with van der Waals surface area (Å²) in [5.41, 5.74) is 1.24. The Morgan fingerprint density at radius 1 is 1.33 bits per heavy atom. The average molecular weight is 332 g/mol. The minimum atomic E-state index is -0.0492. The van der Waals surface area contributed by atoms with Gasteiger partial charge in [-0.1, -0.05) is 0 Å². The van der Waals surface area contributed by atoms with E-state index in [4.69, 9.17) is 4.74 Å². The number of amides is 1. The first kappa shape index (κ1) is 17.2. The summed E-state index contributed by atoms with van der Waals surface area (Å²) in [7, 11) is 3.71. The Hall–Kier alpha value is -1.66. The van der Waals surface area contributed by atoms with Gasteiger partial charge in [-0.2, -0.15) is 0 Å². The van der Waals surface area contributed by atoms with Crippen molar-refractivity contribution in [2.75, 3.05) is 45.2 Å². The molecule has 6 nitrogen and oxygen atoms in total. The normalized spacial score (nSPS) is 25.8. The van der Waals surface area contributed by atoms with Crippen LogP contribution in [-0.2, 0) is 9.53 Å². The van der Waals surface area contributed by atoms with Crippen molar-refractivity contribution in [1.29, 1.82) is 0 Å². The molecular weight excluding hydrogens is 304 g/mol. The zero-order valence-electron chi connectivity index (χ0n) is 14.6. The number of rotatable bonds is 5. The summed E-state index contributed by atoms with van der Waals surface area (Å²) >= 11 is 0. The fourth-order valence-electron chi connectivity index (χ4n) is 3.74. The summed E-state index contributed by atoms with van der Waals surface area (Å²) in [6.07, 6.45) is 6.88. The van der Waals surface area contributed by atoms with Gasteiger partial charge in [-0.25, -0.2) is 0 Å². The number of pyridine rings is 1. The van der Waals surface area contributed by atoms with E-state index >= 15 is 0 Å². The van der Waals surface area contributed by atoms with Crippen molar-refractivity contribution in [2.45, 2.75) is 31.4 Å². The van der Waals surface area contributed by atoms with Gasteiger partial charge in [0.1, 0.15) is 0 Å². The van der Waals surface area contributed by atoms with Gasteiger partial charge in [0, 0.05) is 51.4 Å². The van der Waals surface area contributed by atoms with Gasteiger partial charge in [-0.05, 0) is 44.4 Å². The molecule has 6 heteroatoms. The first-order valence-electron chi connectivity index (χ1n) is 8.83. The van der Waals surface area contributed by atoms with Gasteiger partial charge in [0.15, 0.2) is 0 Å². The van der Waals surface area contributed by atoms with Crippen molar-refractivity contribution in [3.63, 3.8) is 0 Å². The van der Waals surface area contributed by atoms with E-state index in [1.54, 1.807) is 7.11 Å². The first-order valence-corrected chi connectivity index (χ1v) is 8.83. The maximum atomic E-state index is 12.4. The fourth-order valence-corrected chi connectivity index (χ4v) is 3.74. The zero-order valence-corrected chi connectivity index (χ0v) is 14.6. The SMILES string of the molecule is CO[C@H]1C[C@@H](C(=O)NCC2CCN(c3ccncc3)CC2)N(C)C1. The molecule has 3 rings (SSSR count). The highest BCUT2D eigenvalue weighted by Crippen LogP contribution is 2.23. The molecule has 24 heavy (non-hydrogen) atoms. The van der Waals surface area contributed by atoms with Crippen molar-refractivity contribution in [3.05, 3.63) is 24.5 Å². The second-order valence-electron chi connectivity index (χ2n) is 6.93. The van der Waals surface area contributed by atoms with Gasteiger partial charge in [-0.3, -0.25) is 14.7 Å². The molecule has 2 aliphatic heterocycles. The van der Waals surface area contributed by atoms with E-state index in [-0.39, 0.29) is 18.1 Å².